The molecular formula is C13H10BrNO4. The summed E-state index contributed by atoms with van der Waals surface area (Å²) in [6.45, 7) is 0. The highest BCUT2D eigenvalue weighted by molar-refractivity contribution is 9.10. The van der Waals surface area contributed by atoms with Crippen LogP contribution in [0.3, 0.4) is 0 Å². The van der Waals surface area contributed by atoms with Crippen molar-refractivity contribution in [2.45, 2.75) is 0 Å². The fourth-order valence-electron chi connectivity index (χ4n) is 1.42. The van der Waals surface area contributed by atoms with Gasteiger partial charge in [-0.2, -0.15) is 0 Å². The lowest BCUT2D eigenvalue weighted by Gasteiger charge is -2.10. The number of aromatic nitrogens is 1. The average Bonchev–Trinajstić information content (AvgIpc) is 2.41. The fourth-order valence-corrected chi connectivity index (χ4v) is 1.65. The zero-order valence-corrected chi connectivity index (χ0v) is 11.5. The third-order valence-corrected chi connectivity index (χ3v) is 2.79. The van der Waals surface area contributed by atoms with Crippen molar-refractivity contribution in [3.05, 3.63) is 46.6 Å². The molecule has 0 aliphatic rings. The number of aromatic carboxylic acids is 1. The van der Waals surface area contributed by atoms with Gasteiger partial charge in [-0.3, -0.25) is 0 Å². The van der Waals surface area contributed by atoms with Crippen LogP contribution < -0.4 is 9.47 Å². The molecule has 2 aromatic rings. The number of pyridine rings is 1. The van der Waals surface area contributed by atoms with Crippen molar-refractivity contribution in [3.8, 4) is 17.4 Å². The standard InChI is InChI=1S/C13H10BrNO4/c1-18-11-6-8(13(16)17)2-4-10(11)19-12-5-3-9(14)7-15-12/h2-7H,1H3,(H,16,17). The molecule has 19 heavy (non-hydrogen) atoms. The van der Waals surface area contributed by atoms with Crippen LogP contribution in [0.15, 0.2) is 41.0 Å². The van der Waals surface area contributed by atoms with Crippen LogP contribution in [-0.2, 0) is 0 Å². The normalized spacial score (nSPS) is 10.0. The number of methoxy groups -OCH3 is 1. The number of hydrogen-bond donors (Lipinski definition) is 1. The van der Waals surface area contributed by atoms with E-state index in [-0.39, 0.29) is 5.56 Å². The summed E-state index contributed by atoms with van der Waals surface area (Å²) < 4.78 is 11.5. The molecule has 0 aliphatic carbocycles. The predicted octanol–water partition coefficient (Wildman–Crippen LogP) is 3.34. The molecule has 0 saturated heterocycles. The number of carbonyl (C=O) groups is 1. The Balaban J connectivity index is 2.29. The van der Waals surface area contributed by atoms with Gasteiger partial charge in [-0.25, -0.2) is 9.78 Å². The second kappa shape index (κ2) is 5.71. The number of rotatable bonds is 4. The molecule has 0 saturated carbocycles. The van der Waals surface area contributed by atoms with E-state index in [9.17, 15) is 4.79 Å². The smallest absolute Gasteiger partial charge is 0.335 e. The van der Waals surface area contributed by atoms with E-state index in [1.54, 1.807) is 18.3 Å². The third-order valence-electron chi connectivity index (χ3n) is 2.33. The molecule has 0 spiro atoms. The van der Waals surface area contributed by atoms with E-state index >= 15 is 0 Å². The molecule has 0 aliphatic heterocycles. The van der Waals surface area contributed by atoms with Crippen molar-refractivity contribution in [2.24, 2.45) is 0 Å². The minimum absolute atomic E-state index is 0.132. The first kappa shape index (κ1) is 13.4. The van der Waals surface area contributed by atoms with Crippen LogP contribution in [0.2, 0.25) is 0 Å². The van der Waals surface area contributed by atoms with Crippen molar-refractivity contribution in [2.75, 3.05) is 7.11 Å². The maximum Gasteiger partial charge on any atom is 0.335 e. The van der Waals surface area contributed by atoms with E-state index < -0.39 is 5.97 Å². The summed E-state index contributed by atoms with van der Waals surface area (Å²) in [5.41, 5.74) is 0.132. The van der Waals surface area contributed by atoms with Crippen molar-refractivity contribution in [1.29, 1.82) is 0 Å². The van der Waals surface area contributed by atoms with Crippen molar-refractivity contribution in [1.82, 2.24) is 4.98 Å². The highest BCUT2D eigenvalue weighted by atomic mass is 79.9. The number of benzene rings is 1. The molecule has 2 rings (SSSR count). The topological polar surface area (TPSA) is 68.7 Å². The number of halogens is 1. The van der Waals surface area contributed by atoms with E-state index in [1.165, 1.54) is 25.3 Å². The lowest BCUT2D eigenvalue weighted by molar-refractivity contribution is 0.0696. The van der Waals surface area contributed by atoms with Gasteiger partial charge in [0.05, 0.1) is 12.7 Å². The van der Waals surface area contributed by atoms with Gasteiger partial charge >= 0.3 is 5.97 Å². The number of ether oxygens (including phenoxy) is 2. The molecule has 0 atom stereocenters. The van der Waals surface area contributed by atoms with Crippen LogP contribution in [0.25, 0.3) is 0 Å². The first-order chi connectivity index (χ1) is 9.10. The minimum atomic E-state index is -1.02. The van der Waals surface area contributed by atoms with Gasteiger partial charge in [0.15, 0.2) is 11.5 Å². The lowest BCUT2D eigenvalue weighted by atomic mass is 10.2. The summed E-state index contributed by atoms with van der Waals surface area (Å²) in [5, 5.41) is 8.90. The third kappa shape index (κ3) is 3.23. The maximum absolute atomic E-state index is 10.9. The first-order valence-electron chi connectivity index (χ1n) is 5.31. The zero-order chi connectivity index (χ0) is 13.8. The molecule has 1 N–H and O–H groups in total. The highest BCUT2D eigenvalue weighted by Crippen LogP contribution is 2.31. The first-order valence-corrected chi connectivity index (χ1v) is 6.10. The predicted molar refractivity (Wildman–Crippen MR) is 72.0 cm³/mol. The summed E-state index contributed by atoms with van der Waals surface area (Å²) in [5.74, 6) is 0.114. The van der Waals surface area contributed by atoms with Crippen LogP contribution >= 0.6 is 15.9 Å². The minimum Gasteiger partial charge on any atom is -0.493 e. The van der Waals surface area contributed by atoms with Crippen molar-refractivity contribution >= 4 is 21.9 Å². The number of hydrogen-bond acceptors (Lipinski definition) is 4. The molecule has 0 fully saturated rings. The molecule has 0 bridgehead atoms. The second-order valence-corrected chi connectivity index (χ2v) is 4.50. The second-order valence-electron chi connectivity index (χ2n) is 3.59. The molecular weight excluding hydrogens is 314 g/mol. The number of carboxylic acids is 1. The Kier molecular flexibility index (Phi) is 4.01. The quantitative estimate of drug-likeness (QED) is 0.934. The van der Waals surface area contributed by atoms with Gasteiger partial charge in [0.25, 0.3) is 0 Å². The van der Waals surface area contributed by atoms with Crippen LogP contribution in [0, 0.1) is 0 Å². The average molecular weight is 324 g/mol. The lowest BCUT2D eigenvalue weighted by Crippen LogP contribution is -1.98. The van der Waals surface area contributed by atoms with E-state index in [2.05, 4.69) is 20.9 Å². The number of nitrogens with zero attached hydrogens (tertiary/aromatic N) is 1. The fraction of sp³-hybridized carbons (Fsp3) is 0.0769. The van der Waals surface area contributed by atoms with Gasteiger partial charge in [0.2, 0.25) is 5.88 Å². The van der Waals surface area contributed by atoms with E-state index in [0.717, 1.165) is 4.47 Å². The Labute approximate surface area is 117 Å². The van der Waals surface area contributed by atoms with Gasteiger partial charge in [-0.05, 0) is 40.2 Å². The van der Waals surface area contributed by atoms with E-state index in [1.807, 2.05) is 0 Å². The van der Waals surface area contributed by atoms with Gasteiger partial charge in [0, 0.05) is 16.7 Å². The zero-order valence-electron chi connectivity index (χ0n) is 9.96. The SMILES string of the molecule is COc1cc(C(=O)O)ccc1Oc1ccc(Br)cn1. The Bertz CT molecular complexity index is 598. The summed E-state index contributed by atoms with van der Waals surface area (Å²) >= 11 is 3.28. The largest absolute Gasteiger partial charge is 0.493 e. The molecule has 0 unspecified atom stereocenters. The number of carboxylic acid groups (broad SMARTS) is 1. The van der Waals surface area contributed by atoms with Gasteiger partial charge in [-0.1, -0.05) is 0 Å². The van der Waals surface area contributed by atoms with Crippen molar-refractivity contribution < 1.29 is 19.4 Å². The van der Waals surface area contributed by atoms with Crippen LogP contribution in [0.4, 0.5) is 0 Å². The highest BCUT2D eigenvalue weighted by Gasteiger charge is 2.11. The van der Waals surface area contributed by atoms with Gasteiger partial charge in [0.1, 0.15) is 0 Å². The maximum atomic E-state index is 10.9. The summed E-state index contributed by atoms with van der Waals surface area (Å²) in [4.78, 5) is 14.9. The Morgan fingerprint density at radius 3 is 2.63 bits per heavy atom. The van der Waals surface area contributed by atoms with Crippen molar-refractivity contribution in [3.63, 3.8) is 0 Å². The molecule has 98 valence electrons. The summed E-state index contributed by atoms with van der Waals surface area (Å²) in [6.07, 6.45) is 1.60. The van der Waals surface area contributed by atoms with Gasteiger partial charge < -0.3 is 14.6 Å². The Morgan fingerprint density at radius 1 is 1.26 bits per heavy atom. The van der Waals surface area contributed by atoms with E-state index in [0.29, 0.717) is 17.4 Å². The van der Waals surface area contributed by atoms with E-state index in [4.69, 9.17) is 14.6 Å². The molecule has 5 nitrogen and oxygen atoms in total. The molecule has 1 aromatic carbocycles. The molecule has 1 heterocycles. The van der Waals surface area contributed by atoms with Gasteiger partial charge in [-0.15, -0.1) is 0 Å². The van der Waals surface area contributed by atoms with Crippen LogP contribution in [0.1, 0.15) is 10.4 Å². The molecule has 0 amide bonds. The monoisotopic (exact) mass is 323 g/mol. The van der Waals surface area contributed by atoms with Crippen LogP contribution in [-0.4, -0.2) is 23.2 Å². The Morgan fingerprint density at radius 2 is 2.05 bits per heavy atom. The molecule has 0 radical (unpaired) electrons. The molecule has 6 heteroatoms. The Hall–Kier alpha value is -2.08. The summed E-state index contributed by atoms with van der Waals surface area (Å²) in [7, 11) is 1.45. The molecule has 1 aromatic heterocycles. The summed E-state index contributed by atoms with van der Waals surface area (Å²) in [6, 6.07) is 7.86. The van der Waals surface area contributed by atoms with Crippen LogP contribution in [0.5, 0.6) is 17.4 Å².